The average Bonchev–Trinajstić information content (AvgIpc) is 2.94. The number of aromatic nitrogens is 2. The number of anilines is 1. The molecule has 2 aliphatic carbocycles. The lowest BCUT2D eigenvalue weighted by molar-refractivity contribution is 0.0881. The third-order valence-electron chi connectivity index (χ3n) is 5.48. The van der Waals surface area contributed by atoms with Gasteiger partial charge in [-0.25, -0.2) is 9.97 Å². The Morgan fingerprint density at radius 1 is 1.29 bits per heavy atom. The van der Waals surface area contributed by atoms with Gasteiger partial charge in [0.1, 0.15) is 12.1 Å². The quantitative estimate of drug-likeness (QED) is 0.925. The van der Waals surface area contributed by atoms with E-state index in [1.165, 1.54) is 43.4 Å². The summed E-state index contributed by atoms with van der Waals surface area (Å²) < 4.78 is 0. The molecule has 2 unspecified atom stereocenters. The number of hydrogen-bond acceptors (Lipinski definition) is 4. The molecule has 0 spiro atoms. The molecule has 116 valence electrons. The summed E-state index contributed by atoms with van der Waals surface area (Å²) in [6.07, 6.45) is 10.5. The van der Waals surface area contributed by atoms with Gasteiger partial charge in [0.25, 0.3) is 0 Å². The largest absolute Gasteiger partial charge is 0.368 e. The van der Waals surface area contributed by atoms with E-state index in [9.17, 15) is 0 Å². The van der Waals surface area contributed by atoms with Crippen molar-refractivity contribution in [1.29, 1.82) is 0 Å². The van der Waals surface area contributed by atoms with Gasteiger partial charge in [0.05, 0.1) is 0 Å². The summed E-state index contributed by atoms with van der Waals surface area (Å²) in [6.45, 7) is 3.38. The minimum Gasteiger partial charge on any atom is -0.368 e. The van der Waals surface area contributed by atoms with Crippen LogP contribution in [-0.4, -0.2) is 41.0 Å². The lowest BCUT2D eigenvalue weighted by Gasteiger charge is -2.45. The Labute approximate surface area is 128 Å². The van der Waals surface area contributed by atoms with Crippen molar-refractivity contribution in [1.82, 2.24) is 14.9 Å². The van der Waals surface area contributed by atoms with Crippen LogP contribution in [0.2, 0.25) is 0 Å². The molecule has 2 atom stereocenters. The molecule has 4 nitrogen and oxygen atoms in total. The summed E-state index contributed by atoms with van der Waals surface area (Å²) in [5, 5.41) is 3.66. The third-order valence-corrected chi connectivity index (χ3v) is 5.48. The van der Waals surface area contributed by atoms with E-state index in [0.29, 0.717) is 0 Å². The minimum atomic E-state index is 0.272. The molecule has 0 radical (unpaired) electrons. The van der Waals surface area contributed by atoms with E-state index < -0.39 is 0 Å². The van der Waals surface area contributed by atoms with E-state index in [0.717, 1.165) is 31.1 Å². The molecule has 4 heteroatoms. The molecule has 0 aromatic carbocycles. The number of hydrogen-bond donors (Lipinski definition) is 1. The number of rotatable bonds is 4. The second-order valence-corrected chi connectivity index (χ2v) is 7.17. The van der Waals surface area contributed by atoms with Crippen molar-refractivity contribution in [3.8, 4) is 0 Å². The van der Waals surface area contributed by atoms with Crippen molar-refractivity contribution in [2.75, 3.05) is 26.0 Å². The zero-order valence-electron chi connectivity index (χ0n) is 13.7. The first-order chi connectivity index (χ1) is 10.1. The molecule has 0 aliphatic heterocycles. The van der Waals surface area contributed by atoms with Gasteiger partial charge in [-0.1, -0.05) is 19.8 Å². The molecule has 1 aromatic rings. The highest BCUT2D eigenvalue weighted by molar-refractivity contribution is 5.48. The lowest BCUT2D eigenvalue weighted by Crippen LogP contribution is -2.52. The van der Waals surface area contributed by atoms with Crippen LogP contribution in [0.25, 0.3) is 0 Å². The van der Waals surface area contributed by atoms with Crippen LogP contribution < -0.4 is 5.32 Å². The molecule has 1 N–H and O–H groups in total. The summed E-state index contributed by atoms with van der Waals surface area (Å²) in [5.74, 6) is 1.90. The van der Waals surface area contributed by atoms with Gasteiger partial charge >= 0.3 is 0 Å². The number of aryl methyl sites for hydroxylation is 1. The van der Waals surface area contributed by atoms with Crippen molar-refractivity contribution >= 4 is 5.82 Å². The standard InChI is InChI=1S/C17H28N4/c1-13-6-5-9-17(10-13,21(2)3)11-18-16-14-7-4-8-15(14)19-12-20-16/h12-13H,4-11H2,1-3H3,(H,18,19,20). The molecule has 1 saturated carbocycles. The SMILES string of the molecule is CC1CCCC(CNc2ncnc3c2CCC3)(N(C)C)C1. The Hall–Kier alpha value is -1.16. The van der Waals surface area contributed by atoms with Gasteiger partial charge in [-0.15, -0.1) is 0 Å². The van der Waals surface area contributed by atoms with Gasteiger partial charge in [-0.2, -0.15) is 0 Å². The Bertz CT molecular complexity index is 500. The molecule has 21 heavy (non-hydrogen) atoms. The number of nitrogens with one attached hydrogen (secondary N) is 1. The zero-order chi connectivity index (χ0) is 14.9. The smallest absolute Gasteiger partial charge is 0.132 e. The van der Waals surface area contributed by atoms with Gasteiger partial charge in [-0.05, 0) is 52.1 Å². The Kier molecular flexibility index (Phi) is 4.16. The molecule has 0 amide bonds. The predicted molar refractivity (Wildman–Crippen MR) is 86.6 cm³/mol. The van der Waals surface area contributed by atoms with Crippen molar-refractivity contribution in [3.63, 3.8) is 0 Å². The molecule has 2 aliphatic rings. The first-order valence-corrected chi connectivity index (χ1v) is 8.35. The van der Waals surface area contributed by atoms with Gasteiger partial charge in [0.2, 0.25) is 0 Å². The molecular formula is C17H28N4. The molecule has 1 heterocycles. The van der Waals surface area contributed by atoms with Crippen LogP contribution in [0.1, 0.15) is 50.3 Å². The molecule has 1 fully saturated rings. The van der Waals surface area contributed by atoms with Crippen LogP contribution in [0, 0.1) is 5.92 Å². The first kappa shape index (κ1) is 14.8. The maximum Gasteiger partial charge on any atom is 0.132 e. The number of fused-ring (bicyclic) bond motifs is 1. The highest BCUT2D eigenvalue weighted by Gasteiger charge is 2.37. The monoisotopic (exact) mass is 288 g/mol. The third kappa shape index (κ3) is 2.91. The van der Waals surface area contributed by atoms with Crippen molar-refractivity contribution in [2.24, 2.45) is 5.92 Å². The maximum atomic E-state index is 4.50. The summed E-state index contributed by atoms with van der Waals surface area (Å²) in [6, 6.07) is 0. The fourth-order valence-electron chi connectivity index (χ4n) is 4.12. The second-order valence-electron chi connectivity index (χ2n) is 7.17. The molecule has 0 saturated heterocycles. The van der Waals surface area contributed by atoms with Gasteiger partial charge in [-0.3, -0.25) is 0 Å². The van der Waals surface area contributed by atoms with Gasteiger partial charge in [0, 0.05) is 23.3 Å². The van der Waals surface area contributed by atoms with Crippen LogP contribution in [0.15, 0.2) is 6.33 Å². The second kappa shape index (κ2) is 5.91. The van der Waals surface area contributed by atoms with Gasteiger partial charge < -0.3 is 10.2 Å². The van der Waals surface area contributed by atoms with E-state index in [1.54, 1.807) is 6.33 Å². The highest BCUT2D eigenvalue weighted by atomic mass is 15.2. The summed E-state index contributed by atoms with van der Waals surface area (Å²) in [5.41, 5.74) is 2.88. The van der Waals surface area contributed by atoms with Crippen LogP contribution >= 0.6 is 0 Å². The fourth-order valence-corrected chi connectivity index (χ4v) is 4.12. The normalized spacial score (nSPS) is 28.7. The summed E-state index contributed by atoms with van der Waals surface area (Å²) >= 11 is 0. The molecular weight excluding hydrogens is 260 g/mol. The maximum absolute atomic E-state index is 4.50. The van der Waals surface area contributed by atoms with E-state index in [1.807, 2.05) is 0 Å². The van der Waals surface area contributed by atoms with E-state index in [4.69, 9.17) is 0 Å². The number of likely N-dealkylation sites (N-methyl/N-ethyl adjacent to an activating group) is 1. The fraction of sp³-hybridized carbons (Fsp3) is 0.765. The van der Waals surface area contributed by atoms with Crippen molar-refractivity contribution < 1.29 is 0 Å². The number of nitrogens with zero attached hydrogens (tertiary/aromatic N) is 3. The van der Waals surface area contributed by atoms with Crippen molar-refractivity contribution in [3.05, 3.63) is 17.6 Å². The van der Waals surface area contributed by atoms with Gasteiger partial charge in [0.15, 0.2) is 0 Å². The minimum absolute atomic E-state index is 0.272. The lowest BCUT2D eigenvalue weighted by atomic mass is 9.75. The Morgan fingerprint density at radius 2 is 2.14 bits per heavy atom. The summed E-state index contributed by atoms with van der Waals surface area (Å²) in [7, 11) is 4.45. The van der Waals surface area contributed by atoms with Crippen LogP contribution in [0.4, 0.5) is 5.82 Å². The molecule has 3 rings (SSSR count). The average molecular weight is 288 g/mol. The first-order valence-electron chi connectivity index (χ1n) is 8.35. The topological polar surface area (TPSA) is 41.1 Å². The highest BCUT2D eigenvalue weighted by Crippen LogP contribution is 2.36. The summed E-state index contributed by atoms with van der Waals surface area (Å²) in [4.78, 5) is 11.3. The van der Waals surface area contributed by atoms with Crippen molar-refractivity contribution in [2.45, 2.75) is 57.4 Å². The predicted octanol–water partition coefficient (Wildman–Crippen LogP) is 2.89. The van der Waals surface area contributed by atoms with E-state index >= 15 is 0 Å². The van der Waals surface area contributed by atoms with Crippen LogP contribution in [0.5, 0.6) is 0 Å². The van der Waals surface area contributed by atoms with E-state index in [-0.39, 0.29) is 5.54 Å². The van der Waals surface area contributed by atoms with Crippen LogP contribution in [-0.2, 0) is 12.8 Å². The zero-order valence-corrected chi connectivity index (χ0v) is 13.7. The molecule has 1 aromatic heterocycles. The van der Waals surface area contributed by atoms with Crippen LogP contribution in [0.3, 0.4) is 0 Å². The Balaban J connectivity index is 1.75. The van der Waals surface area contributed by atoms with E-state index in [2.05, 4.69) is 41.2 Å². The Morgan fingerprint density at radius 3 is 2.90 bits per heavy atom. The molecule has 0 bridgehead atoms.